The van der Waals surface area contributed by atoms with Crippen LogP contribution in [0.4, 0.5) is 0 Å². The molecule has 16 heavy (non-hydrogen) atoms. The van der Waals surface area contributed by atoms with Crippen molar-refractivity contribution in [3.63, 3.8) is 0 Å². The van der Waals surface area contributed by atoms with Gasteiger partial charge in [-0.15, -0.1) is 0 Å². The van der Waals surface area contributed by atoms with E-state index in [0.29, 0.717) is 4.88 Å². The average Bonchev–Trinajstić information content (AvgIpc) is 2.83. The molecule has 0 saturated carbocycles. The van der Waals surface area contributed by atoms with Crippen LogP contribution in [0.2, 0.25) is 0 Å². The van der Waals surface area contributed by atoms with Gasteiger partial charge < -0.3 is 4.74 Å². The number of esters is 1. The van der Waals surface area contributed by atoms with E-state index in [1.54, 1.807) is 10.9 Å². The SMILES string of the molecule is COC(=O)c1snc(-c2cnn(C)c2)c1C. The molecule has 0 bridgehead atoms. The van der Waals surface area contributed by atoms with Gasteiger partial charge in [0.05, 0.1) is 19.0 Å². The Morgan fingerprint density at radius 1 is 1.56 bits per heavy atom. The van der Waals surface area contributed by atoms with E-state index in [4.69, 9.17) is 0 Å². The second-order valence-electron chi connectivity index (χ2n) is 3.38. The number of carbonyl (C=O) groups excluding carboxylic acids is 1. The summed E-state index contributed by atoms with van der Waals surface area (Å²) in [5.41, 5.74) is 2.54. The third-order valence-corrected chi connectivity index (χ3v) is 3.20. The second-order valence-corrected chi connectivity index (χ2v) is 4.15. The molecule has 0 aliphatic heterocycles. The first-order valence-electron chi connectivity index (χ1n) is 4.67. The van der Waals surface area contributed by atoms with Crippen LogP contribution in [0.1, 0.15) is 15.2 Å². The maximum absolute atomic E-state index is 11.4. The number of rotatable bonds is 2. The Labute approximate surface area is 96.8 Å². The third-order valence-electron chi connectivity index (χ3n) is 2.27. The van der Waals surface area contributed by atoms with E-state index in [-0.39, 0.29) is 5.97 Å². The van der Waals surface area contributed by atoms with Gasteiger partial charge in [-0.05, 0) is 18.5 Å². The molecular formula is C10H11N3O2S. The van der Waals surface area contributed by atoms with E-state index in [9.17, 15) is 4.79 Å². The van der Waals surface area contributed by atoms with Crippen molar-refractivity contribution in [1.82, 2.24) is 14.2 Å². The van der Waals surface area contributed by atoms with Crippen LogP contribution in [0, 0.1) is 6.92 Å². The summed E-state index contributed by atoms with van der Waals surface area (Å²) in [5.74, 6) is -0.342. The molecule has 0 spiro atoms. The fourth-order valence-electron chi connectivity index (χ4n) is 1.43. The van der Waals surface area contributed by atoms with Gasteiger partial charge in [0.25, 0.3) is 0 Å². The molecule has 6 heteroatoms. The molecule has 0 aliphatic carbocycles. The summed E-state index contributed by atoms with van der Waals surface area (Å²) in [7, 11) is 3.21. The number of ether oxygens (including phenoxy) is 1. The Balaban J connectivity index is 2.44. The predicted molar refractivity (Wildman–Crippen MR) is 60.4 cm³/mol. The summed E-state index contributed by atoms with van der Waals surface area (Å²) in [5, 5.41) is 4.07. The molecule has 84 valence electrons. The maximum atomic E-state index is 11.4. The molecule has 0 amide bonds. The van der Waals surface area contributed by atoms with Crippen LogP contribution in [0.3, 0.4) is 0 Å². The number of hydrogen-bond acceptors (Lipinski definition) is 5. The fourth-order valence-corrected chi connectivity index (χ4v) is 2.25. The number of methoxy groups -OCH3 is 1. The van der Waals surface area contributed by atoms with Gasteiger partial charge in [0.15, 0.2) is 0 Å². The van der Waals surface area contributed by atoms with Gasteiger partial charge in [-0.25, -0.2) is 4.79 Å². The lowest BCUT2D eigenvalue weighted by atomic mass is 10.1. The number of aryl methyl sites for hydroxylation is 1. The van der Waals surface area contributed by atoms with Crippen molar-refractivity contribution in [3.05, 3.63) is 22.8 Å². The minimum absolute atomic E-state index is 0.342. The molecule has 5 nitrogen and oxygen atoms in total. The quantitative estimate of drug-likeness (QED) is 0.745. The van der Waals surface area contributed by atoms with Crippen molar-refractivity contribution < 1.29 is 9.53 Å². The molecule has 2 aromatic rings. The molecule has 0 aromatic carbocycles. The normalized spacial score (nSPS) is 10.4. The molecule has 0 aliphatic rings. The smallest absolute Gasteiger partial charge is 0.349 e. The Morgan fingerprint density at radius 3 is 2.88 bits per heavy atom. The number of carbonyl (C=O) groups is 1. The lowest BCUT2D eigenvalue weighted by Gasteiger charge is -1.96. The summed E-state index contributed by atoms with van der Waals surface area (Å²) < 4.78 is 10.6. The topological polar surface area (TPSA) is 57.0 Å². The van der Waals surface area contributed by atoms with Gasteiger partial charge >= 0.3 is 5.97 Å². The van der Waals surface area contributed by atoms with Gasteiger partial charge in [0.1, 0.15) is 4.88 Å². The van der Waals surface area contributed by atoms with E-state index >= 15 is 0 Å². The predicted octanol–water partition coefficient (Wildman–Crippen LogP) is 1.64. The largest absolute Gasteiger partial charge is 0.465 e. The summed E-state index contributed by atoms with van der Waals surface area (Å²) in [6.07, 6.45) is 3.59. The third kappa shape index (κ3) is 1.71. The van der Waals surface area contributed by atoms with E-state index in [1.165, 1.54) is 7.11 Å². The van der Waals surface area contributed by atoms with Gasteiger partial charge in [-0.1, -0.05) is 0 Å². The van der Waals surface area contributed by atoms with Crippen molar-refractivity contribution in [3.8, 4) is 11.3 Å². The lowest BCUT2D eigenvalue weighted by molar-refractivity contribution is 0.0605. The van der Waals surface area contributed by atoms with Gasteiger partial charge in [0.2, 0.25) is 0 Å². The molecule has 2 aromatic heterocycles. The molecular weight excluding hydrogens is 226 g/mol. The minimum atomic E-state index is -0.342. The van der Waals surface area contributed by atoms with E-state index in [1.807, 2.05) is 20.2 Å². The maximum Gasteiger partial charge on any atom is 0.349 e. The Morgan fingerprint density at radius 2 is 2.31 bits per heavy atom. The lowest BCUT2D eigenvalue weighted by Crippen LogP contribution is -1.99. The highest BCUT2D eigenvalue weighted by molar-refractivity contribution is 7.08. The zero-order valence-corrected chi connectivity index (χ0v) is 10.0. The Hall–Kier alpha value is -1.69. The summed E-state index contributed by atoms with van der Waals surface area (Å²) in [6.45, 7) is 1.86. The van der Waals surface area contributed by atoms with Crippen LogP contribution in [-0.4, -0.2) is 27.2 Å². The minimum Gasteiger partial charge on any atom is -0.465 e. The highest BCUT2D eigenvalue weighted by Gasteiger charge is 2.18. The zero-order valence-electron chi connectivity index (χ0n) is 9.22. The van der Waals surface area contributed by atoms with Crippen molar-refractivity contribution in [1.29, 1.82) is 0 Å². The second kappa shape index (κ2) is 4.05. The number of nitrogens with zero attached hydrogens (tertiary/aromatic N) is 3. The van der Waals surface area contributed by atoms with E-state index in [0.717, 1.165) is 28.4 Å². The molecule has 0 fully saturated rings. The summed E-state index contributed by atoms with van der Waals surface area (Å²) in [6, 6.07) is 0. The summed E-state index contributed by atoms with van der Waals surface area (Å²) in [4.78, 5) is 12.0. The van der Waals surface area contributed by atoms with Crippen LogP contribution < -0.4 is 0 Å². The molecule has 2 rings (SSSR count). The number of hydrogen-bond donors (Lipinski definition) is 0. The molecule has 0 saturated heterocycles. The Bertz CT molecular complexity index is 530. The van der Waals surface area contributed by atoms with Crippen LogP contribution in [0.15, 0.2) is 12.4 Å². The first kappa shape index (κ1) is 10.8. The highest BCUT2D eigenvalue weighted by Crippen LogP contribution is 2.27. The highest BCUT2D eigenvalue weighted by atomic mass is 32.1. The van der Waals surface area contributed by atoms with Crippen LogP contribution in [0.25, 0.3) is 11.3 Å². The number of aromatic nitrogens is 3. The van der Waals surface area contributed by atoms with Crippen LogP contribution in [0.5, 0.6) is 0 Å². The monoisotopic (exact) mass is 237 g/mol. The van der Waals surface area contributed by atoms with Crippen molar-refractivity contribution in [2.24, 2.45) is 7.05 Å². The van der Waals surface area contributed by atoms with Gasteiger partial charge in [-0.2, -0.15) is 9.47 Å². The molecule has 0 unspecified atom stereocenters. The molecule has 2 heterocycles. The summed E-state index contributed by atoms with van der Waals surface area (Å²) >= 11 is 1.15. The fraction of sp³-hybridized carbons (Fsp3) is 0.300. The Kier molecular flexibility index (Phi) is 2.74. The molecule has 0 N–H and O–H groups in total. The zero-order chi connectivity index (χ0) is 11.7. The van der Waals surface area contributed by atoms with Crippen LogP contribution >= 0.6 is 11.5 Å². The van der Waals surface area contributed by atoms with Gasteiger partial charge in [-0.3, -0.25) is 4.68 Å². The van der Waals surface area contributed by atoms with E-state index in [2.05, 4.69) is 14.2 Å². The van der Waals surface area contributed by atoms with Gasteiger partial charge in [0, 0.05) is 24.4 Å². The molecule has 0 radical (unpaired) electrons. The van der Waals surface area contributed by atoms with E-state index < -0.39 is 0 Å². The van der Waals surface area contributed by atoms with Crippen molar-refractivity contribution in [2.45, 2.75) is 6.92 Å². The standard InChI is InChI=1S/C10H11N3O2S/c1-6-8(7-4-11-13(2)5-7)12-16-9(6)10(14)15-3/h4-5H,1-3H3. The van der Waals surface area contributed by atoms with Crippen LogP contribution in [-0.2, 0) is 11.8 Å². The first-order chi connectivity index (χ1) is 7.63. The average molecular weight is 237 g/mol. The first-order valence-corrected chi connectivity index (χ1v) is 5.44. The van der Waals surface area contributed by atoms with Crippen molar-refractivity contribution in [2.75, 3.05) is 7.11 Å². The molecule has 0 atom stereocenters. The van der Waals surface area contributed by atoms with Crippen molar-refractivity contribution >= 4 is 17.5 Å².